The number of sulfonamides is 1. The van der Waals surface area contributed by atoms with Crippen LogP contribution in [0.5, 0.6) is 0 Å². The molecule has 8 heteroatoms. The van der Waals surface area contributed by atoms with Crippen molar-refractivity contribution in [3.8, 4) is 5.69 Å². The number of carbonyl (C=O) groups is 1. The summed E-state index contributed by atoms with van der Waals surface area (Å²) in [6.07, 6.45) is 1.46. The van der Waals surface area contributed by atoms with E-state index in [2.05, 4.69) is 9.82 Å². The Morgan fingerprint density at radius 2 is 1.72 bits per heavy atom. The number of nitrogens with zero attached hydrogens (tertiary/aromatic N) is 2. The van der Waals surface area contributed by atoms with Crippen molar-refractivity contribution in [1.82, 2.24) is 9.78 Å². The molecular weight excluding hydrogens is 340 g/mol. The summed E-state index contributed by atoms with van der Waals surface area (Å²) in [6, 6.07) is 15.1. The normalized spacial score (nSPS) is 11.2. The molecule has 1 heterocycles. The zero-order valence-corrected chi connectivity index (χ0v) is 14.2. The lowest BCUT2D eigenvalue weighted by atomic mass is 10.2. The minimum absolute atomic E-state index is 0.0790. The van der Waals surface area contributed by atoms with Crippen molar-refractivity contribution in [3.63, 3.8) is 0 Å². The second-order valence-corrected chi connectivity index (χ2v) is 7.06. The molecule has 2 aromatic carbocycles. The summed E-state index contributed by atoms with van der Waals surface area (Å²) in [5.41, 5.74) is 6.95. The Labute approximate surface area is 145 Å². The van der Waals surface area contributed by atoms with Crippen LogP contribution in [0.3, 0.4) is 0 Å². The Morgan fingerprint density at radius 3 is 2.32 bits per heavy atom. The molecule has 1 amide bonds. The van der Waals surface area contributed by atoms with E-state index in [1.54, 1.807) is 6.92 Å². The van der Waals surface area contributed by atoms with Gasteiger partial charge < -0.3 is 5.73 Å². The summed E-state index contributed by atoms with van der Waals surface area (Å²) in [6.45, 7) is 1.63. The molecule has 7 nitrogen and oxygen atoms in total. The quantitative estimate of drug-likeness (QED) is 0.730. The molecule has 0 saturated heterocycles. The summed E-state index contributed by atoms with van der Waals surface area (Å²) in [7, 11) is -3.81. The maximum atomic E-state index is 12.6. The summed E-state index contributed by atoms with van der Waals surface area (Å²) >= 11 is 0. The van der Waals surface area contributed by atoms with Crippen molar-refractivity contribution in [2.75, 3.05) is 4.72 Å². The van der Waals surface area contributed by atoms with Gasteiger partial charge in [-0.1, -0.05) is 18.2 Å². The van der Waals surface area contributed by atoms with Gasteiger partial charge in [0.1, 0.15) is 4.90 Å². The van der Waals surface area contributed by atoms with Gasteiger partial charge in [0.15, 0.2) is 0 Å². The number of nitrogens with two attached hydrogens (primary N) is 1. The van der Waals surface area contributed by atoms with Gasteiger partial charge in [0.25, 0.3) is 10.0 Å². The van der Waals surface area contributed by atoms with Crippen LogP contribution in [0.1, 0.15) is 16.1 Å². The number of hydrogen-bond donors (Lipinski definition) is 2. The molecule has 25 heavy (non-hydrogen) atoms. The summed E-state index contributed by atoms with van der Waals surface area (Å²) in [4.78, 5) is 11.2. The second-order valence-electron chi connectivity index (χ2n) is 5.41. The standard InChI is InChI=1S/C17H16N4O3S/c1-12-16(11-21(19-12)15-5-3-2-4-6-15)25(23,24)20-14-9-7-13(8-10-14)17(18)22/h2-11,20H,1H3,(H2,18,22). The third kappa shape index (κ3) is 3.53. The van der Waals surface area contributed by atoms with Crippen LogP contribution < -0.4 is 10.5 Å². The number of rotatable bonds is 5. The van der Waals surface area contributed by atoms with Gasteiger partial charge in [0.2, 0.25) is 5.91 Å². The SMILES string of the molecule is Cc1nn(-c2ccccc2)cc1S(=O)(=O)Nc1ccc(C(N)=O)cc1. The van der Waals surface area contributed by atoms with E-state index >= 15 is 0 Å². The Hall–Kier alpha value is -3.13. The second kappa shape index (κ2) is 6.40. The molecule has 0 atom stereocenters. The Bertz CT molecular complexity index is 1010. The molecule has 0 aliphatic rings. The molecule has 0 bridgehead atoms. The lowest BCUT2D eigenvalue weighted by molar-refractivity contribution is 0.100. The fourth-order valence-corrected chi connectivity index (χ4v) is 3.56. The maximum Gasteiger partial charge on any atom is 0.265 e. The van der Waals surface area contributed by atoms with Gasteiger partial charge in [0.05, 0.1) is 17.6 Å². The van der Waals surface area contributed by atoms with E-state index in [1.165, 1.54) is 35.1 Å². The molecule has 0 fully saturated rings. The van der Waals surface area contributed by atoms with Gasteiger partial charge in [-0.3, -0.25) is 9.52 Å². The average Bonchev–Trinajstić information content (AvgIpc) is 2.99. The summed E-state index contributed by atoms with van der Waals surface area (Å²) < 4.78 is 29.2. The Morgan fingerprint density at radius 1 is 1.08 bits per heavy atom. The number of carbonyl (C=O) groups excluding carboxylic acids is 1. The number of primary amides is 1. The zero-order chi connectivity index (χ0) is 18.0. The molecule has 0 saturated carbocycles. The highest BCUT2D eigenvalue weighted by Gasteiger charge is 2.21. The lowest BCUT2D eigenvalue weighted by Crippen LogP contribution is -2.14. The van der Waals surface area contributed by atoms with Crippen LogP contribution >= 0.6 is 0 Å². The minimum Gasteiger partial charge on any atom is -0.366 e. The van der Waals surface area contributed by atoms with Crippen molar-refractivity contribution in [2.24, 2.45) is 5.73 Å². The largest absolute Gasteiger partial charge is 0.366 e. The first-order valence-electron chi connectivity index (χ1n) is 7.41. The fourth-order valence-electron chi connectivity index (χ4n) is 2.33. The van der Waals surface area contributed by atoms with Gasteiger partial charge in [0, 0.05) is 11.3 Å². The molecule has 128 valence electrons. The number of hydrogen-bond acceptors (Lipinski definition) is 4. The smallest absolute Gasteiger partial charge is 0.265 e. The molecule has 3 rings (SSSR count). The van der Waals surface area contributed by atoms with Gasteiger partial charge in [-0.15, -0.1) is 0 Å². The van der Waals surface area contributed by atoms with Crippen LogP contribution in [0.25, 0.3) is 5.69 Å². The van der Waals surface area contributed by atoms with Crippen LogP contribution in [0.4, 0.5) is 5.69 Å². The van der Waals surface area contributed by atoms with Gasteiger partial charge >= 0.3 is 0 Å². The average molecular weight is 356 g/mol. The van der Waals surface area contributed by atoms with Crippen LogP contribution in [0, 0.1) is 6.92 Å². The lowest BCUT2D eigenvalue weighted by Gasteiger charge is -2.07. The molecule has 0 spiro atoms. The first-order chi connectivity index (χ1) is 11.9. The van der Waals surface area contributed by atoms with E-state index < -0.39 is 15.9 Å². The fraction of sp³-hybridized carbons (Fsp3) is 0.0588. The van der Waals surface area contributed by atoms with Crippen LogP contribution in [-0.4, -0.2) is 24.1 Å². The third-order valence-corrected chi connectivity index (χ3v) is 5.07. The molecule has 3 N–H and O–H groups in total. The maximum absolute atomic E-state index is 12.6. The molecular formula is C17H16N4O3S. The molecule has 0 radical (unpaired) electrons. The zero-order valence-electron chi connectivity index (χ0n) is 13.4. The Kier molecular flexibility index (Phi) is 4.28. The van der Waals surface area contributed by atoms with Crippen LogP contribution in [-0.2, 0) is 10.0 Å². The number of anilines is 1. The van der Waals surface area contributed by atoms with E-state index in [-0.39, 0.29) is 4.90 Å². The number of amides is 1. The van der Waals surface area contributed by atoms with Crippen molar-refractivity contribution >= 4 is 21.6 Å². The summed E-state index contributed by atoms with van der Waals surface area (Å²) in [5, 5.41) is 4.26. The highest BCUT2D eigenvalue weighted by atomic mass is 32.2. The molecule has 0 aliphatic heterocycles. The monoisotopic (exact) mass is 356 g/mol. The van der Waals surface area contributed by atoms with Crippen molar-refractivity contribution in [2.45, 2.75) is 11.8 Å². The highest BCUT2D eigenvalue weighted by molar-refractivity contribution is 7.92. The number of nitrogens with one attached hydrogen (secondary N) is 1. The topological polar surface area (TPSA) is 107 Å². The van der Waals surface area contributed by atoms with E-state index in [4.69, 9.17) is 5.73 Å². The first kappa shape index (κ1) is 16.7. The molecule has 0 aliphatic carbocycles. The van der Waals surface area contributed by atoms with Crippen LogP contribution in [0.2, 0.25) is 0 Å². The minimum atomic E-state index is -3.81. The highest BCUT2D eigenvalue weighted by Crippen LogP contribution is 2.20. The predicted octanol–water partition coefficient (Wildman–Crippen LogP) is 2.08. The number of aryl methyl sites for hydroxylation is 1. The van der Waals surface area contributed by atoms with Crippen molar-refractivity contribution in [3.05, 3.63) is 72.1 Å². The number of aromatic nitrogens is 2. The number of benzene rings is 2. The van der Waals surface area contributed by atoms with E-state index in [0.717, 1.165) is 5.69 Å². The van der Waals surface area contributed by atoms with Crippen molar-refractivity contribution < 1.29 is 13.2 Å². The van der Waals surface area contributed by atoms with Crippen molar-refractivity contribution in [1.29, 1.82) is 0 Å². The van der Waals surface area contributed by atoms with Gasteiger partial charge in [-0.25, -0.2) is 13.1 Å². The van der Waals surface area contributed by atoms with Gasteiger partial charge in [-0.05, 0) is 43.3 Å². The van der Waals surface area contributed by atoms with E-state index in [9.17, 15) is 13.2 Å². The number of para-hydroxylation sites is 1. The molecule has 0 unspecified atom stereocenters. The Balaban J connectivity index is 1.90. The molecule has 1 aromatic heterocycles. The predicted molar refractivity (Wildman–Crippen MR) is 94.1 cm³/mol. The van der Waals surface area contributed by atoms with E-state index in [1.807, 2.05) is 30.3 Å². The van der Waals surface area contributed by atoms with Gasteiger partial charge in [-0.2, -0.15) is 5.10 Å². The van der Waals surface area contributed by atoms with E-state index in [0.29, 0.717) is 16.9 Å². The first-order valence-corrected chi connectivity index (χ1v) is 8.89. The molecule has 3 aromatic rings. The summed E-state index contributed by atoms with van der Waals surface area (Å²) in [5.74, 6) is -0.575. The van der Waals surface area contributed by atoms with Crippen LogP contribution in [0.15, 0.2) is 65.7 Å². The third-order valence-electron chi connectivity index (χ3n) is 3.59.